The highest BCUT2D eigenvalue weighted by molar-refractivity contribution is 14.1. The van der Waals surface area contributed by atoms with E-state index in [1.54, 1.807) is 18.2 Å². The van der Waals surface area contributed by atoms with Gasteiger partial charge in [-0.15, -0.1) is 0 Å². The summed E-state index contributed by atoms with van der Waals surface area (Å²) in [6.07, 6.45) is 2.80. The molecule has 2 rings (SSSR count). The third-order valence-corrected chi connectivity index (χ3v) is 4.14. The molecule has 0 saturated heterocycles. The van der Waals surface area contributed by atoms with Gasteiger partial charge in [-0.05, 0) is 46.7 Å². The Labute approximate surface area is 126 Å². The first kappa shape index (κ1) is 13.9. The van der Waals surface area contributed by atoms with Crippen LogP contribution in [0.5, 0.6) is 0 Å². The van der Waals surface area contributed by atoms with E-state index in [9.17, 15) is 9.59 Å². The van der Waals surface area contributed by atoms with E-state index >= 15 is 0 Å². The average Bonchev–Trinajstić information content (AvgIpc) is 2.47. The molecule has 2 aromatic carbocycles. The Morgan fingerprint density at radius 3 is 2.42 bits per heavy atom. The van der Waals surface area contributed by atoms with Crippen molar-refractivity contribution < 1.29 is 9.59 Å². The molecule has 0 unspecified atom stereocenters. The van der Waals surface area contributed by atoms with Crippen molar-refractivity contribution in [3.05, 3.63) is 68.3 Å². The number of carbonyl (C=O) groups is 1. The molecule has 0 fully saturated rings. The van der Waals surface area contributed by atoms with Crippen LogP contribution in [0.4, 0.5) is 0 Å². The van der Waals surface area contributed by atoms with Crippen molar-refractivity contribution in [1.82, 2.24) is 0 Å². The second kappa shape index (κ2) is 6.10. The van der Waals surface area contributed by atoms with Crippen molar-refractivity contribution in [1.29, 1.82) is 0 Å². The molecule has 1 radical (unpaired) electrons. The third-order valence-electron chi connectivity index (χ3n) is 2.98. The van der Waals surface area contributed by atoms with E-state index in [0.29, 0.717) is 20.3 Å². The van der Waals surface area contributed by atoms with E-state index in [4.69, 9.17) is 0 Å². The van der Waals surface area contributed by atoms with Crippen LogP contribution in [0.25, 0.3) is 0 Å². The van der Waals surface area contributed by atoms with Crippen molar-refractivity contribution in [2.75, 3.05) is 0 Å². The molecule has 0 amide bonds. The minimum atomic E-state index is -0.0656. The zero-order valence-corrected chi connectivity index (χ0v) is 12.6. The molecule has 0 spiro atoms. The summed E-state index contributed by atoms with van der Waals surface area (Å²) in [5, 5.41) is 0. The number of hydrogen-bond acceptors (Lipinski definition) is 2. The van der Waals surface area contributed by atoms with Gasteiger partial charge in [-0.1, -0.05) is 37.3 Å². The molecular formula is C16H12IO2. The maximum atomic E-state index is 12.4. The lowest BCUT2D eigenvalue weighted by atomic mass is 10.00. The molecule has 0 atom stereocenters. The fourth-order valence-corrected chi connectivity index (χ4v) is 2.55. The molecular weight excluding hydrogens is 351 g/mol. The predicted octanol–water partition coefficient (Wildman–Crippen LogP) is 3.54. The SMILES string of the molecule is CCc1ccc(C(=O)c2cccc([C]=O)c2I)cc1. The minimum Gasteiger partial charge on any atom is -0.289 e. The van der Waals surface area contributed by atoms with E-state index in [0.717, 1.165) is 6.42 Å². The van der Waals surface area contributed by atoms with Crippen LogP contribution < -0.4 is 0 Å². The van der Waals surface area contributed by atoms with Gasteiger partial charge in [-0.25, -0.2) is 0 Å². The smallest absolute Gasteiger partial charge is 0.234 e. The maximum absolute atomic E-state index is 12.4. The molecule has 0 aliphatic rings. The Morgan fingerprint density at radius 2 is 1.84 bits per heavy atom. The van der Waals surface area contributed by atoms with Crippen LogP contribution in [0.2, 0.25) is 0 Å². The van der Waals surface area contributed by atoms with Crippen molar-refractivity contribution in [3.8, 4) is 0 Å². The number of halogens is 1. The standard InChI is InChI=1S/C16H12IO2/c1-2-11-6-8-12(9-7-11)16(19)14-5-3-4-13(10-18)15(14)17/h3-9H,2H2,1H3. The summed E-state index contributed by atoms with van der Waals surface area (Å²) in [5.41, 5.74) is 2.81. The Bertz CT molecular complexity index is 615. The topological polar surface area (TPSA) is 34.1 Å². The Hall–Kier alpha value is -1.49. The van der Waals surface area contributed by atoms with Gasteiger partial charge in [0.2, 0.25) is 6.29 Å². The van der Waals surface area contributed by atoms with Gasteiger partial charge in [0, 0.05) is 20.3 Å². The largest absolute Gasteiger partial charge is 0.289 e. The molecule has 0 aliphatic carbocycles. The van der Waals surface area contributed by atoms with E-state index < -0.39 is 0 Å². The summed E-state index contributed by atoms with van der Waals surface area (Å²) >= 11 is 2.01. The minimum absolute atomic E-state index is 0.0656. The van der Waals surface area contributed by atoms with Crippen LogP contribution in [0, 0.1) is 3.57 Å². The van der Waals surface area contributed by atoms with E-state index in [2.05, 4.69) is 6.92 Å². The fraction of sp³-hybridized carbons (Fsp3) is 0.125. The van der Waals surface area contributed by atoms with Crippen molar-refractivity contribution in [2.24, 2.45) is 0 Å². The summed E-state index contributed by atoms with van der Waals surface area (Å²) in [5.74, 6) is -0.0656. The normalized spacial score (nSPS) is 10.2. The molecule has 2 nitrogen and oxygen atoms in total. The summed E-state index contributed by atoms with van der Waals surface area (Å²) < 4.78 is 0.652. The Balaban J connectivity index is 2.41. The zero-order chi connectivity index (χ0) is 13.8. The van der Waals surface area contributed by atoms with Crippen LogP contribution >= 0.6 is 22.6 Å². The number of aryl methyl sites for hydroxylation is 1. The molecule has 3 heteroatoms. The number of ketones is 1. The van der Waals surface area contributed by atoms with Gasteiger partial charge in [0.25, 0.3) is 0 Å². The van der Waals surface area contributed by atoms with Crippen LogP contribution in [0.15, 0.2) is 42.5 Å². The monoisotopic (exact) mass is 363 g/mol. The van der Waals surface area contributed by atoms with Gasteiger partial charge in [0.05, 0.1) is 0 Å². The highest BCUT2D eigenvalue weighted by Gasteiger charge is 2.14. The van der Waals surface area contributed by atoms with Gasteiger partial charge in [0.15, 0.2) is 5.78 Å². The summed E-state index contributed by atoms with van der Waals surface area (Å²) in [6.45, 7) is 2.07. The lowest BCUT2D eigenvalue weighted by Gasteiger charge is -2.06. The summed E-state index contributed by atoms with van der Waals surface area (Å²) in [4.78, 5) is 23.2. The summed E-state index contributed by atoms with van der Waals surface area (Å²) in [7, 11) is 0. The van der Waals surface area contributed by atoms with E-state index in [-0.39, 0.29) is 5.78 Å². The number of hydrogen-bond donors (Lipinski definition) is 0. The molecule has 0 aromatic heterocycles. The number of benzene rings is 2. The van der Waals surface area contributed by atoms with Crippen LogP contribution in [-0.4, -0.2) is 12.1 Å². The average molecular weight is 363 g/mol. The third kappa shape index (κ3) is 2.92. The van der Waals surface area contributed by atoms with Crippen molar-refractivity contribution >= 4 is 34.7 Å². The van der Waals surface area contributed by atoms with Gasteiger partial charge in [-0.3, -0.25) is 9.59 Å². The van der Waals surface area contributed by atoms with Gasteiger partial charge in [-0.2, -0.15) is 0 Å². The molecule has 0 aliphatic heterocycles. The number of carbonyl (C=O) groups excluding carboxylic acids is 2. The van der Waals surface area contributed by atoms with Gasteiger partial charge in [0.1, 0.15) is 0 Å². The van der Waals surface area contributed by atoms with Crippen LogP contribution in [0.1, 0.15) is 34.0 Å². The molecule has 0 saturated carbocycles. The molecule has 2 aromatic rings. The first-order valence-corrected chi connectivity index (χ1v) is 7.05. The molecule has 0 bridgehead atoms. The fourth-order valence-electron chi connectivity index (χ4n) is 1.83. The van der Waals surface area contributed by atoms with Gasteiger partial charge < -0.3 is 0 Å². The van der Waals surface area contributed by atoms with Crippen LogP contribution in [0.3, 0.4) is 0 Å². The lowest BCUT2D eigenvalue weighted by molar-refractivity contribution is 0.103. The number of rotatable bonds is 4. The Morgan fingerprint density at radius 1 is 1.16 bits per heavy atom. The van der Waals surface area contributed by atoms with Gasteiger partial charge >= 0.3 is 0 Å². The molecule has 0 N–H and O–H groups in total. The lowest BCUT2D eigenvalue weighted by Crippen LogP contribution is -2.05. The first-order valence-electron chi connectivity index (χ1n) is 5.97. The molecule has 19 heavy (non-hydrogen) atoms. The van der Waals surface area contributed by atoms with Crippen molar-refractivity contribution in [3.63, 3.8) is 0 Å². The van der Waals surface area contributed by atoms with Crippen LogP contribution in [-0.2, 0) is 11.2 Å². The predicted molar refractivity (Wildman–Crippen MR) is 83.2 cm³/mol. The quantitative estimate of drug-likeness (QED) is 0.615. The van der Waals surface area contributed by atoms with E-state index in [1.165, 1.54) is 5.56 Å². The Kier molecular flexibility index (Phi) is 4.47. The second-order valence-corrected chi connectivity index (χ2v) is 5.23. The maximum Gasteiger partial charge on any atom is 0.234 e. The highest BCUT2D eigenvalue weighted by Crippen LogP contribution is 2.20. The zero-order valence-electron chi connectivity index (χ0n) is 10.4. The molecule has 95 valence electrons. The van der Waals surface area contributed by atoms with Crippen molar-refractivity contribution in [2.45, 2.75) is 13.3 Å². The molecule has 0 heterocycles. The van der Waals surface area contributed by atoms with E-state index in [1.807, 2.05) is 53.1 Å². The second-order valence-electron chi connectivity index (χ2n) is 4.15. The first-order chi connectivity index (χ1) is 9.17. The highest BCUT2D eigenvalue weighted by atomic mass is 127. The summed E-state index contributed by atoms with van der Waals surface area (Å²) in [6, 6.07) is 12.7.